The molecule has 3 amide bonds. The summed E-state index contributed by atoms with van der Waals surface area (Å²) in [4.78, 5) is 40.4. The number of likely N-dealkylation sites (tertiary alicyclic amines) is 1. The van der Waals surface area contributed by atoms with Gasteiger partial charge in [-0.05, 0) is 74.2 Å². The molecule has 30 heavy (non-hydrogen) atoms. The fourth-order valence-electron chi connectivity index (χ4n) is 5.39. The summed E-state index contributed by atoms with van der Waals surface area (Å²) in [6.45, 7) is 3.47. The number of hydrogen-bond acceptors (Lipinski definition) is 4. The number of amides is 3. The van der Waals surface area contributed by atoms with E-state index >= 15 is 0 Å². The van der Waals surface area contributed by atoms with Crippen LogP contribution in [0.25, 0.3) is 0 Å². The van der Waals surface area contributed by atoms with Crippen LogP contribution in [0, 0.1) is 11.7 Å². The lowest BCUT2D eigenvalue weighted by Crippen LogP contribution is -2.52. The van der Waals surface area contributed by atoms with Crippen molar-refractivity contribution in [3.63, 3.8) is 0 Å². The summed E-state index contributed by atoms with van der Waals surface area (Å²) in [7, 11) is 0. The molecule has 1 saturated carbocycles. The number of hydrogen-bond donors (Lipinski definition) is 1. The fourth-order valence-corrected chi connectivity index (χ4v) is 5.39. The molecule has 1 aromatic rings. The number of benzene rings is 1. The second kappa shape index (κ2) is 7.76. The molecule has 3 heterocycles. The van der Waals surface area contributed by atoms with Crippen molar-refractivity contribution in [1.29, 1.82) is 0 Å². The maximum Gasteiger partial charge on any atom is 0.255 e. The SMILES string of the molecule is O=C1CCC(N2Cc3cc(C4CCN(CC5CCC5)CC4)c(F)cc3C2=O)C(=O)N1. The van der Waals surface area contributed by atoms with Gasteiger partial charge < -0.3 is 9.80 Å². The highest BCUT2D eigenvalue weighted by molar-refractivity contribution is 6.05. The Kier molecular flexibility index (Phi) is 5.09. The zero-order valence-electron chi connectivity index (χ0n) is 17.2. The van der Waals surface area contributed by atoms with Crippen molar-refractivity contribution >= 4 is 17.7 Å². The Hall–Kier alpha value is -2.28. The summed E-state index contributed by atoms with van der Waals surface area (Å²) < 4.78 is 15.0. The highest BCUT2D eigenvalue weighted by Crippen LogP contribution is 2.36. The molecule has 0 radical (unpaired) electrons. The average molecular weight is 413 g/mol. The van der Waals surface area contributed by atoms with Crippen LogP contribution in [-0.4, -0.2) is 53.2 Å². The number of halogens is 1. The van der Waals surface area contributed by atoms with Gasteiger partial charge in [-0.2, -0.15) is 0 Å². The monoisotopic (exact) mass is 413 g/mol. The molecule has 1 aliphatic carbocycles. The molecule has 1 N–H and O–H groups in total. The van der Waals surface area contributed by atoms with E-state index in [-0.39, 0.29) is 30.0 Å². The molecule has 6 nitrogen and oxygen atoms in total. The van der Waals surface area contributed by atoms with E-state index in [0.29, 0.717) is 24.1 Å². The van der Waals surface area contributed by atoms with E-state index in [1.165, 1.54) is 36.8 Å². The zero-order chi connectivity index (χ0) is 20.8. The maximum atomic E-state index is 15.0. The molecule has 160 valence electrons. The number of carbonyl (C=O) groups is 3. The Bertz CT molecular complexity index is 890. The van der Waals surface area contributed by atoms with Crippen molar-refractivity contribution < 1.29 is 18.8 Å². The smallest absolute Gasteiger partial charge is 0.255 e. The van der Waals surface area contributed by atoms with Crippen molar-refractivity contribution in [2.24, 2.45) is 5.92 Å². The molecule has 3 fully saturated rings. The molecule has 3 aliphatic heterocycles. The van der Waals surface area contributed by atoms with Crippen molar-refractivity contribution in [3.05, 3.63) is 34.6 Å². The summed E-state index contributed by atoms with van der Waals surface area (Å²) in [5, 5.41) is 2.30. The van der Waals surface area contributed by atoms with E-state index in [0.717, 1.165) is 37.4 Å². The number of fused-ring (bicyclic) bond motifs is 1. The van der Waals surface area contributed by atoms with Gasteiger partial charge in [0.25, 0.3) is 5.91 Å². The molecule has 1 aromatic carbocycles. The van der Waals surface area contributed by atoms with E-state index < -0.39 is 11.9 Å². The quantitative estimate of drug-likeness (QED) is 0.771. The van der Waals surface area contributed by atoms with E-state index in [2.05, 4.69) is 10.2 Å². The summed E-state index contributed by atoms with van der Waals surface area (Å²) in [5.41, 5.74) is 1.84. The first-order valence-corrected chi connectivity index (χ1v) is 11.2. The van der Waals surface area contributed by atoms with Gasteiger partial charge in [0, 0.05) is 25.1 Å². The predicted octanol–water partition coefficient (Wildman–Crippen LogP) is 2.57. The largest absolute Gasteiger partial charge is 0.322 e. The summed E-state index contributed by atoms with van der Waals surface area (Å²) in [6.07, 6.45) is 6.46. The van der Waals surface area contributed by atoms with Gasteiger partial charge in [-0.15, -0.1) is 0 Å². The first kappa shape index (κ1) is 19.7. The minimum Gasteiger partial charge on any atom is -0.322 e. The van der Waals surface area contributed by atoms with Gasteiger partial charge >= 0.3 is 0 Å². The molecule has 0 aromatic heterocycles. The lowest BCUT2D eigenvalue weighted by atomic mass is 9.83. The van der Waals surface area contributed by atoms with E-state index in [4.69, 9.17) is 0 Å². The Morgan fingerprint density at radius 1 is 1.03 bits per heavy atom. The standard InChI is InChI=1S/C23H28FN3O3/c24-19-11-18-16(13-27(23(18)30)20-4-5-21(28)25-22(20)29)10-17(19)15-6-8-26(9-7-15)12-14-2-1-3-14/h10-11,14-15,20H,1-9,12-13H2,(H,25,28,29). The van der Waals surface area contributed by atoms with Crippen molar-refractivity contribution in [2.75, 3.05) is 19.6 Å². The minimum absolute atomic E-state index is 0.174. The van der Waals surface area contributed by atoms with Gasteiger partial charge in [-0.3, -0.25) is 19.7 Å². The van der Waals surface area contributed by atoms with Crippen molar-refractivity contribution in [1.82, 2.24) is 15.1 Å². The number of rotatable bonds is 4. The maximum absolute atomic E-state index is 15.0. The second-order valence-electron chi connectivity index (χ2n) is 9.30. The molecule has 7 heteroatoms. The van der Waals surface area contributed by atoms with Gasteiger partial charge in [-0.25, -0.2) is 4.39 Å². The van der Waals surface area contributed by atoms with Gasteiger partial charge in [0.15, 0.2) is 0 Å². The number of piperidine rings is 2. The Morgan fingerprint density at radius 3 is 2.47 bits per heavy atom. The number of imide groups is 1. The van der Waals surface area contributed by atoms with Crippen LogP contribution >= 0.6 is 0 Å². The van der Waals surface area contributed by atoms with E-state index in [9.17, 15) is 18.8 Å². The molecule has 1 unspecified atom stereocenters. The van der Waals surface area contributed by atoms with Crippen molar-refractivity contribution in [3.8, 4) is 0 Å². The number of nitrogens with zero attached hydrogens (tertiary/aromatic N) is 2. The number of nitrogens with one attached hydrogen (secondary N) is 1. The third-order valence-electron chi connectivity index (χ3n) is 7.41. The molecular weight excluding hydrogens is 385 g/mol. The Balaban J connectivity index is 1.28. The molecule has 0 bridgehead atoms. The number of carbonyl (C=O) groups excluding carboxylic acids is 3. The highest BCUT2D eigenvalue weighted by Gasteiger charge is 2.40. The van der Waals surface area contributed by atoms with Crippen LogP contribution in [0.3, 0.4) is 0 Å². The lowest BCUT2D eigenvalue weighted by molar-refractivity contribution is -0.136. The van der Waals surface area contributed by atoms with Crippen LogP contribution in [0.2, 0.25) is 0 Å². The van der Waals surface area contributed by atoms with Gasteiger partial charge in [0.1, 0.15) is 11.9 Å². The topological polar surface area (TPSA) is 69.7 Å². The first-order chi connectivity index (χ1) is 14.5. The lowest BCUT2D eigenvalue weighted by Gasteiger charge is -2.37. The van der Waals surface area contributed by atoms with Gasteiger partial charge in [0.05, 0.1) is 0 Å². The normalized spacial score (nSPS) is 26.0. The molecule has 0 spiro atoms. The van der Waals surface area contributed by atoms with Gasteiger partial charge in [-0.1, -0.05) is 12.5 Å². The Labute approximate surface area is 175 Å². The molecule has 5 rings (SSSR count). The molecule has 1 atom stereocenters. The molecular formula is C23H28FN3O3. The summed E-state index contributed by atoms with van der Waals surface area (Å²) >= 11 is 0. The van der Waals surface area contributed by atoms with Crippen LogP contribution in [0.4, 0.5) is 4.39 Å². The first-order valence-electron chi connectivity index (χ1n) is 11.2. The van der Waals surface area contributed by atoms with Crippen LogP contribution in [0.1, 0.15) is 72.3 Å². The summed E-state index contributed by atoms with van der Waals surface area (Å²) in [5.74, 6) is -0.357. The van der Waals surface area contributed by atoms with E-state index in [1.807, 2.05) is 6.07 Å². The predicted molar refractivity (Wildman–Crippen MR) is 108 cm³/mol. The summed E-state index contributed by atoms with van der Waals surface area (Å²) in [6, 6.07) is 2.55. The zero-order valence-corrected chi connectivity index (χ0v) is 17.2. The highest BCUT2D eigenvalue weighted by atomic mass is 19.1. The van der Waals surface area contributed by atoms with Crippen molar-refractivity contribution in [2.45, 2.75) is 63.5 Å². The average Bonchev–Trinajstić information content (AvgIpc) is 3.00. The minimum atomic E-state index is -0.663. The fraction of sp³-hybridized carbons (Fsp3) is 0.609. The van der Waals surface area contributed by atoms with Crippen LogP contribution in [0.15, 0.2) is 12.1 Å². The second-order valence-corrected chi connectivity index (χ2v) is 9.30. The van der Waals surface area contributed by atoms with Crippen LogP contribution in [-0.2, 0) is 16.1 Å². The molecule has 4 aliphatic rings. The third kappa shape index (κ3) is 3.53. The van der Waals surface area contributed by atoms with E-state index in [1.54, 1.807) is 0 Å². The van der Waals surface area contributed by atoms with Crippen LogP contribution in [0.5, 0.6) is 0 Å². The van der Waals surface area contributed by atoms with Crippen LogP contribution < -0.4 is 5.32 Å². The Morgan fingerprint density at radius 2 is 1.80 bits per heavy atom. The molecule has 2 saturated heterocycles. The van der Waals surface area contributed by atoms with Gasteiger partial charge in [0.2, 0.25) is 11.8 Å². The third-order valence-corrected chi connectivity index (χ3v) is 7.41.